The fraction of sp³-hybridized carbons (Fsp3) is 0.476. The molecule has 2 heterocycles. The Labute approximate surface area is 172 Å². The molecule has 160 valence electrons. The minimum absolute atomic E-state index is 0.102. The molecule has 0 saturated carbocycles. The Balaban J connectivity index is 1.71. The Hall–Kier alpha value is -2.68. The zero-order valence-electron chi connectivity index (χ0n) is 17.2. The number of fused-ring (bicyclic) bond motifs is 1. The van der Waals surface area contributed by atoms with Gasteiger partial charge in [-0.1, -0.05) is 31.1 Å². The van der Waals surface area contributed by atoms with Crippen LogP contribution >= 0.6 is 0 Å². The van der Waals surface area contributed by atoms with Gasteiger partial charge in [-0.25, -0.2) is 0 Å². The fourth-order valence-electron chi connectivity index (χ4n) is 4.05. The zero-order chi connectivity index (χ0) is 21.7. The highest BCUT2D eigenvalue weighted by atomic mass is 19.4. The molecule has 0 fully saturated rings. The second-order valence-corrected chi connectivity index (χ2v) is 8.57. The van der Waals surface area contributed by atoms with Crippen LogP contribution in [0.4, 0.5) is 13.2 Å². The van der Waals surface area contributed by atoms with Gasteiger partial charge >= 0.3 is 6.18 Å². The maximum Gasteiger partial charge on any atom is 0.416 e. The topological polar surface area (TPSA) is 82.8 Å². The summed E-state index contributed by atoms with van der Waals surface area (Å²) in [5.74, 6) is 0.325. The van der Waals surface area contributed by atoms with Crippen molar-refractivity contribution in [1.82, 2.24) is 19.9 Å². The third-order valence-corrected chi connectivity index (χ3v) is 5.69. The summed E-state index contributed by atoms with van der Waals surface area (Å²) in [4.78, 5) is 4.36. The molecule has 0 atom stereocenters. The molecule has 4 rings (SSSR count). The first-order chi connectivity index (χ1) is 14.1. The van der Waals surface area contributed by atoms with E-state index in [0.29, 0.717) is 5.69 Å². The van der Waals surface area contributed by atoms with Gasteiger partial charge in [0.1, 0.15) is 0 Å². The number of hydrogen-bond acceptors (Lipinski definition) is 5. The number of alkyl halides is 3. The van der Waals surface area contributed by atoms with Crippen LogP contribution in [-0.4, -0.2) is 26.5 Å². The fourth-order valence-corrected chi connectivity index (χ4v) is 4.05. The van der Waals surface area contributed by atoms with E-state index in [1.807, 2.05) is 11.7 Å². The van der Waals surface area contributed by atoms with Gasteiger partial charge in [-0.3, -0.25) is 4.68 Å². The smallest absolute Gasteiger partial charge is 0.332 e. The van der Waals surface area contributed by atoms with E-state index in [9.17, 15) is 13.2 Å². The highest BCUT2D eigenvalue weighted by molar-refractivity contribution is 5.62. The molecule has 1 aliphatic rings. The van der Waals surface area contributed by atoms with Gasteiger partial charge in [0.15, 0.2) is 5.69 Å². The van der Waals surface area contributed by atoms with E-state index in [-0.39, 0.29) is 41.2 Å². The molecular weight excluding hydrogens is 395 g/mol. The standard InChI is InChI=1S/C21H24F3N5O/c1-20(2)8-6-14-16(11-20)29(3)27-17(14)19-26-18(28-30-19)13-5-4-12(7-9-25)15(10-13)21(22,23)24/h4-5,10H,6-9,11,25H2,1-3H3. The molecule has 6 nitrogen and oxygen atoms in total. The Bertz CT molecular complexity index is 1080. The predicted octanol–water partition coefficient (Wildman–Crippen LogP) is 4.17. The first-order valence-electron chi connectivity index (χ1n) is 9.88. The number of nitrogens with zero attached hydrogens (tertiary/aromatic N) is 4. The lowest BCUT2D eigenvalue weighted by atomic mass is 9.76. The van der Waals surface area contributed by atoms with Gasteiger partial charge in [0.2, 0.25) is 5.82 Å². The van der Waals surface area contributed by atoms with Gasteiger partial charge in [0, 0.05) is 23.9 Å². The molecule has 0 bridgehead atoms. The average Bonchev–Trinajstić information content (AvgIpc) is 3.26. The minimum atomic E-state index is -4.49. The summed E-state index contributed by atoms with van der Waals surface area (Å²) in [5, 5.41) is 8.48. The summed E-state index contributed by atoms with van der Waals surface area (Å²) in [5.41, 5.74) is 8.11. The lowest BCUT2D eigenvalue weighted by Gasteiger charge is -2.29. The van der Waals surface area contributed by atoms with Gasteiger partial charge in [-0.05, 0) is 49.3 Å². The lowest BCUT2D eigenvalue weighted by Crippen LogP contribution is -2.23. The molecule has 0 saturated heterocycles. The van der Waals surface area contributed by atoms with Crippen LogP contribution in [0.3, 0.4) is 0 Å². The van der Waals surface area contributed by atoms with Crippen molar-refractivity contribution in [2.24, 2.45) is 18.2 Å². The molecule has 2 N–H and O–H groups in total. The van der Waals surface area contributed by atoms with Crippen molar-refractivity contribution in [1.29, 1.82) is 0 Å². The van der Waals surface area contributed by atoms with Gasteiger partial charge in [-0.2, -0.15) is 23.3 Å². The maximum atomic E-state index is 13.5. The molecule has 30 heavy (non-hydrogen) atoms. The Morgan fingerprint density at radius 3 is 2.73 bits per heavy atom. The Morgan fingerprint density at radius 1 is 1.27 bits per heavy atom. The first kappa shape index (κ1) is 20.6. The highest BCUT2D eigenvalue weighted by Crippen LogP contribution is 2.39. The molecule has 3 aromatic rings. The molecule has 1 aromatic carbocycles. The van der Waals surface area contributed by atoms with E-state index in [2.05, 4.69) is 29.1 Å². The SMILES string of the molecule is Cn1nc(-c2nc(-c3ccc(CCN)c(C(F)(F)F)c3)no2)c2c1CC(C)(C)CC2. The van der Waals surface area contributed by atoms with E-state index >= 15 is 0 Å². The lowest BCUT2D eigenvalue weighted by molar-refractivity contribution is -0.138. The van der Waals surface area contributed by atoms with E-state index in [1.54, 1.807) is 6.07 Å². The van der Waals surface area contributed by atoms with Crippen molar-refractivity contribution in [3.8, 4) is 23.0 Å². The Kier molecular flexibility index (Phi) is 4.96. The third kappa shape index (κ3) is 3.74. The number of nitrogens with two attached hydrogens (primary N) is 1. The van der Waals surface area contributed by atoms with Crippen molar-refractivity contribution in [3.05, 3.63) is 40.6 Å². The molecule has 9 heteroatoms. The normalized spacial score (nSPS) is 16.0. The number of halogens is 3. The maximum absolute atomic E-state index is 13.5. The van der Waals surface area contributed by atoms with Crippen molar-refractivity contribution in [3.63, 3.8) is 0 Å². The molecule has 2 aromatic heterocycles. The molecule has 0 amide bonds. The number of benzene rings is 1. The molecule has 0 unspecified atom stereocenters. The molecule has 0 spiro atoms. The summed E-state index contributed by atoms with van der Waals surface area (Å²) >= 11 is 0. The van der Waals surface area contributed by atoms with Gasteiger partial charge in [0.25, 0.3) is 5.89 Å². The monoisotopic (exact) mass is 419 g/mol. The van der Waals surface area contributed by atoms with Crippen molar-refractivity contribution in [2.45, 2.75) is 45.7 Å². The van der Waals surface area contributed by atoms with Crippen LogP contribution in [0.25, 0.3) is 23.0 Å². The summed E-state index contributed by atoms with van der Waals surface area (Å²) in [6.07, 6.45) is -1.60. The summed E-state index contributed by atoms with van der Waals surface area (Å²) in [6.45, 7) is 4.58. The second-order valence-electron chi connectivity index (χ2n) is 8.57. The van der Waals surface area contributed by atoms with Crippen LogP contribution in [0.1, 0.15) is 42.7 Å². The largest absolute Gasteiger partial charge is 0.416 e. The second kappa shape index (κ2) is 7.23. The van der Waals surface area contributed by atoms with Crippen LogP contribution in [-0.2, 0) is 32.5 Å². The molecular formula is C21H24F3N5O. The third-order valence-electron chi connectivity index (χ3n) is 5.69. The quantitative estimate of drug-likeness (QED) is 0.686. The number of rotatable bonds is 4. The van der Waals surface area contributed by atoms with Crippen LogP contribution in [0, 0.1) is 5.41 Å². The van der Waals surface area contributed by atoms with Gasteiger partial charge < -0.3 is 10.3 Å². The summed E-state index contributed by atoms with van der Waals surface area (Å²) < 4.78 is 47.7. The highest BCUT2D eigenvalue weighted by Gasteiger charge is 2.34. The summed E-state index contributed by atoms with van der Waals surface area (Å²) in [7, 11) is 1.88. The van der Waals surface area contributed by atoms with Crippen LogP contribution in [0.5, 0.6) is 0 Å². The number of aryl methyl sites for hydroxylation is 1. The molecule has 0 aliphatic heterocycles. The average molecular weight is 419 g/mol. The number of hydrogen-bond donors (Lipinski definition) is 1. The van der Waals surface area contributed by atoms with Gasteiger partial charge in [0.05, 0.1) is 5.56 Å². The predicted molar refractivity (Wildman–Crippen MR) is 106 cm³/mol. The van der Waals surface area contributed by atoms with Crippen molar-refractivity contribution < 1.29 is 17.7 Å². The van der Waals surface area contributed by atoms with E-state index in [0.717, 1.165) is 36.6 Å². The molecule has 1 aliphatic carbocycles. The minimum Gasteiger partial charge on any atom is -0.332 e. The zero-order valence-corrected chi connectivity index (χ0v) is 17.2. The van der Waals surface area contributed by atoms with Crippen LogP contribution < -0.4 is 5.73 Å². The van der Waals surface area contributed by atoms with Crippen molar-refractivity contribution in [2.75, 3.05) is 6.54 Å². The Morgan fingerprint density at radius 2 is 2.03 bits per heavy atom. The van der Waals surface area contributed by atoms with E-state index in [4.69, 9.17) is 10.3 Å². The van der Waals surface area contributed by atoms with Gasteiger partial charge in [-0.15, -0.1) is 0 Å². The van der Waals surface area contributed by atoms with E-state index < -0.39 is 11.7 Å². The summed E-state index contributed by atoms with van der Waals surface area (Å²) in [6, 6.07) is 4.03. The molecule has 0 radical (unpaired) electrons. The first-order valence-corrected chi connectivity index (χ1v) is 9.88. The van der Waals surface area contributed by atoms with Crippen molar-refractivity contribution >= 4 is 0 Å². The van der Waals surface area contributed by atoms with Crippen LogP contribution in [0.2, 0.25) is 0 Å². The van der Waals surface area contributed by atoms with E-state index in [1.165, 1.54) is 6.07 Å². The number of aromatic nitrogens is 4. The van der Waals surface area contributed by atoms with Crippen LogP contribution in [0.15, 0.2) is 22.7 Å².